The van der Waals surface area contributed by atoms with Crippen LogP contribution in [0.1, 0.15) is 115 Å². The van der Waals surface area contributed by atoms with E-state index in [4.69, 9.17) is 44.1 Å². The summed E-state index contributed by atoms with van der Waals surface area (Å²) in [6.07, 6.45) is 26.3. The summed E-state index contributed by atoms with van der Waals surface area (Å²) in [6.45, 7) is 36.2. The summed E-state index contributed by atoms with van der Waals surface area (Å²) in [5.41, 5.74) is 17.4. The number of halogens is 1. The van der Waals surface area contributed by atoms with Gasteiger partial charge in [-0.25, -0.2) is 34.3 Å². The van der Waals surface area contributed by atoms with Gasteiger partial charge in [-0.2, -0.15) is 15.3 Å². The van der Waals surface area contributed by atoms with Crippen LogP contribution < -0.4 is 14.7 Å². The van der Waals surface area contributed by atoms with E-state index in [1.165, 1.54) is 30.5 Å². The minimum Gasteiger partial charge on any atom is -0.389 e. The number of benzene rings is 5. The molecule has 3 atom stereocenters. The van der Waals surface area contributed by atoms with Crippen molar-refractivity contribution in [2.24, 2.45) is 5.92 Å². The number of allylic oxidation sites excluding steroid dienone is 9. The maximum absolute atomic E-state index is 13.8. The Labute approximate surface area is 706 Å². The van der Waals surface area contributed by atoms with Gasteiger partial charge in [0.15, 0.2) is 17.5 Å². The van der Waals surface area contributed by atoms with Gasteiger partial charge in [0.2, 0.25) is 0 Å². The van der Waals surface area contributed by atoms with Gasteiger partial charge in [0.05, 0.1) is 146 Å². The monoisotopic (exact) mass is 1630 g/mol. The second-order valence-electron chi connectivity index (χ2n) is 34.6. The highest BCUT2D eigenvalue weighted by Gasteiger charge is 2.40. The van der Waals surface area contributed by atoms with Crippen LogP contribution in [0.4, 0.5) is 21.8 Å². The molecule has 121 heavy (non-hydrogen) atoms. The first-order chi connectivity index (χ1) is 57.9. The number of hydrogen-bond acceptors (Lipinski definition) is 21. The molecule has 5 aromatic carbocycles. The van der Waals surface area contributed by atoms with Crippen molar-refractivity contribution < 1.29 is 33.9 Å². The first kappa shape index (κ1) is 82.6. The normalized spacial score (nSPS) is 18.8. The summed E-state index contributed by atoms with van der Waals surface area (Å²) in [6, 6.07) is 36.3. The Bertz CT molecular complexity index is 5990. The fourth-order valence-corrected chi connectivity index (χ4v) is 16.4. The second-order valence-corrected chi connectivity index (χ2v) is 34.6. The fourth-order valence-electron chi connectivity index (χ4n) is 16.4. The molecule has 0 bridgehead atoms. The van der Waals surface area contributed by atoms with Crippen LogP contribution in [0.5, 0.6) is 0 Å². The lowest BCUT2D eigenvalue weighted by molar-refractivity contribution is 0.0571. The minimum absolute atomic E-state index is 0.0166. The summed E-state index contributed by atoms with van der Waals surface area (Å²) in [5, 5.41) is 47.2. The zero-order valence-electron chi connectivity index (χ0n) is 71.1. The number of morpholine rings is 3. The number of aliphatic hydroxyl groups is 3. The van der Waals surface area contributed by atoms with Crippen LogP contribution in [0, 0.1) is 11.7 Å². The molecule has 3 N–H and O–H groups in total. The molecule has 0 amide bonds. The van der Waals surface area contributed by atoms with Gasteiger partial charge in [-0.3, -0.25) is 14.0 Å². The van der Waals surface area contributed by atoms with Crippen LogP contribution in [0.3, 0.4) is 0 Å². The van der Waals surface area contributed by atoms with Crippen LogP contribution in [0.25, 0.3) is 83.6 Å². The molecular formula is C96H107FN18O6. The lowest BCUT2D eigenvalue weighted by Gasteiger charge is -2.37. The molecule has 25 heteroatoms. The lowest BCUT2D eigenvalue weighted by atomic mass is 9.98. The van der Waals surface area contributed by atoms with E-state index in [1.54, 1.807) is 86.3 Å². The predicted molar refractivity (Wildman–Crippen MR) is 476 cm³/mol. The summed E-state index contributed by atoms with van der Waals surface area (Å²) in [4.78, 5) is 43.6. The van der Waals surface area contributed by atoms with Crippen LogP contribution in [-0.4, -0.2) is 193 Å². The standard InChI is InChI=1S/C33H35FN6O2.C33H36N6O2.C30H36N6O2/c1-21-14-25(17-38(5)22(21)2)24-8-11-29-28(15-24)32(37-31(36-29)26-16-35-39(18-26)20-33(3,4)41)40-12-13-42-19-30(40)23-6-9-27(34)10-7-23;1-22-15-26(18-37(5)23(22)2)25-11-12-29-28(16-25)32(39-13-14-41-20-30(39)24-9-7-6-8-10-24)36-31(35-29)27-17-34-38(19-27)21-33(3,4)40;1-19-12-23(15-34(5)20(19)2)22-8-9-26-25(13-22)29(36-10-11-38-17-27(36)21-6-7-21)33-28(32-26)24-14-31-35(16-24)18-30(3,4)37/h6-11,14-18,30,41H,2,12-13,19-20H2,1,3-5H3;6-12,15-19,30,40H,2,13-14,20-21H2,1,3-5H3;8-9,12-16,21,27,37H,2,6-7,10-11,17-18H2,1,3-5H3. The maximum atomic E-state index is 13.8. The molecule has 624 valence electrons. The van der Waals surface area contributed by atoms with Gasteiger partial charge in [-0.05, 0) is 209 Å². The van der Waals surface area contributed by atoms with Crippen molar-refractivity contribution in [2.75, 3.05) is 95.1 Å². The molecule has 18 rings (SSSR count). The van der Waals surface area contributed by atoms with E-state index in [1.807, 2.05) is 56.8 Å². The van der Waals surface area contributed by atoms with Crippen molar-refractivity contribution in [3.8, 4) is 34.2 Å². The Hall–Kier alpha value is -12.1. The number of likely N-dealkylation sites (N-methyl/N-ethyl adjacent to an activating group) is 3. The zero-order chi connectivity index (χ0) is 84.9. The number of ether oxygens (including phenoxy) is 3. The van der Waals surface area contributed by atoms with Crippen molar-refractivity contribution >= 4 is 66.9 Å². The molecule has 12 heterocycles. The lowest BCUT2D eigenvalue weighted by Crippen LogP contribution is -2.47. The van der Waals surface area contributed by atoms with E-state index >= 15 is 0 Å². The SMILES string of the molecule is C=C1C(C)=CC(c2ccc3nc(-c4cnn(CC(C)(C)O)c4)nc(N4CCOCC4C4CC4)c3c2)=CN1C.C=C1C(C)=CC(c2ccc3nc(-c4cnn(CC(C)(C)O)c4)nc(N4CCOCC4c4ccc(F)cc4)c3c2)=CN1C.C=C1C(C)=CC(c2ccc3nc(-c4cnn(CC(C)(C)O)c4)nc(N4CCOCC4c4ccccc4)c3c2)=CN1C. The zero-order valence-corrected chi connectivity index (χ0v) is 71.1. The number of hydrogen-bond donors (Lipinski definition) is 3. The second kappa shape index (κ2) is 33.8. The Morgan fingerprint density at radius 2 is 0.760 bits per heavy atom. The van der Waals surface area contributed by atoms with Gasteiger partial charge in [0.1, 0.15) is 23.3 Å². The Morgan fingerprint density at radius 3 is 1.11 bits per heavy atom. The van der Waals surface area contributed by atoms with Gasteiger partial charge in [0.25, 0.3) is 0 Å². The average molecular weight is 1630 g/mol. The highest BCUT2D eigenvalue weighted by atomic mass is 19.1. The highest BCUT2D eigenvalue weighted by Crippen LogP contribution is 2.44. The first-order valence-electron chi connectivity index (χ1n) is 41.4. The van der Waals surface area contributed by atoms with Gasteiger partial charge in [0, 0.05) is 111 Å². The molecule has 3 unspecified atom stereocenters. The largest absolute Gasteiger partial charge is 0.389 e. The maximum Gasteiger partial charge on any atom is 0.165 e. The first-order valence-corrected chi connectivity index (χ1v) is 41.4. The topological polar surface area (TPSA) is 239 Å². The number of aromatic nitrogens is 12. The molecule has 7 aliphatic rings. The van der Waals surface area contributed by atoms with E-state index in [-0.39, 0.29) is 17.9 Å². The van der Waals surface area contributed by atoms with Gasteiger partial charge in [-0.1, -0.05) is 80.4 Å². The molecule has 0 spiro atoms. The van der Waals surface area contributed by atoms with E-state index < -0.39 is 16.8 Å². The molecule has 1 aliphatic carbocycles. The van der Waals surface area contributed by atoms with E-state index in [2.05, 4.69) is 190 Å². The third-order valence-corrected chi connectivity index (χ3v) is 22.9. The van der Waals surface area contributed by atoms with Crippen LogP contribution in [0.2, 0.25) is 0 Å². The minimum atomic E-state index is -0.910. The van der Waals surface area contributed by atoms with Gasteiger partial charge >= 0.3 is 0 Å². The number of fused-ring (bicyclic) bond motifs is 3. The summed E-state index contributed by atoms with van der Waals surface area (Å²) >= 11 is 0. The van der Waals surface area contributed by atoms with E-state index in [0.29, 0.717) is 95.2 Å². The summed E-state index contributed by atoms with van der Waals surface area (Å²) < 4.78 is 36.8. The quantitative estimate of drug-likeness (QED) is 0.0723. The van der Waals surface area contributed by atoms with Crippen LogP contribution in [0.15, 0.2) is 237 Å². The van der Waals surface area contributed by atoms with Crippen LogP contribution >= 0.6 is 0 Å². The van der Waals surface area contributed by atoms with Crippen molar-refractivity contribution in [3.63, 3.8) is 0 Å². The molecule has 4 fully saturated rings. The number of nitrogens with zero attached hydrogens (tertiary/aromatic N) is 18. The van der Waals surface area contributed by atoms with E-state index in [9.17, 15) is 19.7 Å². The summed E-state index contributed by atoms with van der Waals surface area (Å²) in [7, 11) is 6.06. The fraction of sp³-hybridized carbons (Fsp3) is 0.344. The highest BCUT2D eigenvalue weighted by molar-refractivity contribution is 5.98. The number of anilines is 3. The Balaban J connectivity index is 0.000000135. The van der Waals surface area contributed by atoms with Gasteiger partial charge < -0.3 is 58.9 Å². The molecule has 24 nitrogen and oxygen atoms in total. The Kier molecular flexibility index (Phi) is 23.1. The molecule has 3 saturated heterocycles. The van der Waals surface area contributed by atoms with Crippen molar-refractivity contribution in [3.05, 3.63) is 270 Å². The molecule has 6 aliphatic heterocycles. The number of rotatable bonds is 18. The smallest absolute Gasteiger partial charge is 0.165 e. The van der Waals surface area contributed by atoms with Gasteiger partial charge in [-0.15, -0.1) is 0 Å². The van der Waals surface area contributed by atoms with Crippen molar-refractivity contribution in [2.45, 2.75) is 130 Å². The molecule has 11 aromatic rings. The molecule has 6 aromatic heterocycles. The molecule has 0 radical (unpaired) electrons. The van der Waals surface area contributed by atoms with Crippen LogP contribution in [-0.2, 0) is 33.8 Å². The van der Waals surface area contributed by atoms with Crippen molar-refractivity contribution in [1.29, 1.82) is 0 Å². The summed E-state index contributed by atoms with van der Waals surface area (Å²) in [5.74, 6) is 4.76. The third-order valence-electron chi connectivity index (χ3n) is 22.9. The van der Waals surface area contributed by atoms with E-state index in [0.717, 1.165) is 153 Å². The third kappa shape index (κ3) is 18.6. The molecule has 1 saturated carbocycles. The van der Waals surface area contributed by atoms with Crippen molar-refractivity contribution in [1.82, 2.24) is 73.9 Å². The average Bonchev–Trinajstić information content (AvgIpc) is 1.27. The predicted octanol–water partition coefficient (Wildman–Crippen LogP) is 15.9. The Morgan fingerprint density at radius 1 is 0.421 bits per heavy atom. The molecular weight excluding hydrogens is 1520 g/mol.